The van der Waals surface area contributed by atoms with E-state index in [1.165, 1.54) is 6.92 Å². The number of ether oxygens (including phenoxy) is 2. The number of aryl methyl sites for hydroxylation is 1. The molecule has 0 bridgehead atoms. The van der Waals surface area contributed by atoms with Gasteiger partial charge in [0.05, 0.1) is 26.0 Å². The summed E-state index contributed by atoms with van der Waals surface area (Å²) in [4.78, 5) is 20.7. The normalized spacial score (nSPS) is 16.0. The van der Waals surface area contributed by atoms with Crippen LogP contribution in [0.2, 0.25) is 0 Å². The monoisotopic (exact) mass is 305 g/mol. The van der Waals surface area contributed by atoms with Crippen molar-refractivity contribution in [3.05, 3.63) is 17.0 Å². The molecule has 0 amide bonds. The van der Waals surface area contributed by atoms with E-state index in [2.05, 4.69) is 14.7 Å². The number of hydrogen-bond donors (Lipinski definition) is 0. The third-order valence-electron chi connectivity index (χ3n) is 3.03. The molecule has 0 aliphatic carbocycles. The molecule has 1 aromatic heterocycles. The van der Waals surface area contributed by atoms with Gasteiger partial charge >= 0.3 is 12.1 Å². The number of morpholine rings is 1. The Morgan fingerprint density at radius 1 is 1.29 bits per heavy atom. The average molecular weight is 305 g/mol. The van der Waals surface area contributed by atoms with Gasteiger partial charge < -0.3 is 14.4 Å². The standard InChI is InChI=1S/C12H14F3N3O3/c1-7-8(10(19)20-2)9(12(13,14)15)17-11(16-7)18-3-5-21-6-4-18/h3-6H2,1-2H3. The van der Waals surface area contributed by atoms with Crippen molar-refractivity contribution in [2.24, 2.45) is 0 Å². The molecule has 9 heteroatoms. The summed E-state index contributed by atoms with van der Waals surface area (Å²) < 4.78 is 48.9. The number of halogens is 3. The van der Waals surface area contributed by atoms with Gasteiger partial charge in [-0.15, -0.1) is 0 Å². The molecule has 0 atom stereocenters. The van der Waals surface area contributed by atoms with E-state index in [0.29, 0.717) is 26.3 Å². The molecule has 0 N–H and O–H groups in total. The molecule has 1 aliphatic heterocycles. The zero-order valence-electron chi connectivity index (χ0n) is 11.5. The van der Waals surface area contributed by atoms with E-state index in [-0.39, 0.29) is 11.6 Å². The lowest BCUT2D eigenvalue weighted by molar-refractivity contribution is -0.141. The number of esters is 1. The van der Waals surface area contributed by atoms with Gasteiger partial charge in [-0.25, -0.2) is 14.8 Å². The van der Waals surface area contributed by atoms with E-state index < -0.39 is 23.4 Å². The van der Waals surface area contributed by atoms with Crippen LogP contribution in [0.4, 0.5) is 19.1 Å². The smallest absolute Gasteiger partial charge is 0.434 e. The van der Waals surface area contributed by atoms with Crippen molar-refractivity contribution in [3.8, 4) is 0 Å². The molecule has 0 saturated carbocycles. The fourth-order valence-electron chi connectivity index (χ4n) is 2.01. The van der Waals surface area contributed by atoms with Crippen LogP contribution >= 0.6 is 0 Å². The van der Waals surface area contributed by atoms with Gasteiger partial charge in [-0.3, -0.25) is 0 Å². The first kappa shape index (κ1) is 15.5. The quantitative estimate of drug-likeness (QED) is 0.770. The van der Waals surface area contributed by atoms with Crippen molar-refractivity contribution in [3.63, 3.8) is 0 Å². The molecular formula is C12H14F3N3O3. The lowest BCUT2D eigenvalue weighted by atomic mass is 10.1. The number of anilines is 1. The second-order valence-electron chi connectivity index (χ2n) is 4.42. The van der Waals surface area contributed by atoms with Crippen LogP contribution in [-0.2, 0) is 15.7 Å². The topological polar surface area (TPSA) is 64.5 Å². The number of hydrogen-bond acceptors (Lipinski definition) is 6. The number of rotatable bonds is 2. The lowest BCUT2D eigenvalue weighted by Crippen LogP contribution is -2.38. The Kier molecular flexibility index (Phi) is 4.31. The van der Waals surface area contributed by atoms with Crippen molar-refractivity contribution in [2.45, 2.75) is 13.1 Å². The highest BCUT2D eigenvalue weighted by Gasteiger charge is 2.40. The summed E-state index contributed by atoms with van der Waals surface area (Å²) in [5, 5.41) is 0. The van der Waals surface area contributed by atoms with Gasteiger partial charge in [-0.1, -0.05) is 0 Å². The number of carbonyl (C=O) groups excluding carboxylic acids is 1. The molecule has 0 radical (unpaired) electrons. The minimum Gasteiger partial charge on any atom is -0.465 e. The van der Waals surface area contributed by atoms with Gasteiger partial charge in [0.25, 0.3) is 0 Å². The highest BCUT2D eigenvalue weighted by atomic mass is 19.4. The Morgan fingerprint density at radius 3 is 2.43 bits per heavy atom. The molecule has 2 rings (SSSR count). The van der Waals surface area contributed by atoms with Crippen molar-refractivity contribution in [1.82, 2.24) is 9.97 Å². The maximum absolute atomic E-state index is 13.1. The Bertz CT molecular complexity index is 543. The number of alkyl halides is 3. The highest BCUT2D eigenvalue weighted by Crippen LogP contribution is 2.33. The van der Waals surface area contributed by atoms with Crippen LogP contribution in [0.5, 0.6) is 0 Å². The third-order valence-corrected chi connectivity index (χ3v) is 3.03. The molecule has 116 valence electrons. The molecule has 1 saturated heterocycles. The van der Waals surface area contributed by atoms with E-state index in [1.54, 1.807) is 4.90 Å². The van der Waals surface area contributed by atoms with Crippen LogP contribution in [0.3, 0.4) is 0 Å². The first-order valence-electron chi connectivity index (χ1n) is 6.21. The summed E-state index contributed by atoms with van der Waals surface area (Å²) in [5.74, 6) is -1.16. The lowest BCUT2D eigenvalue weighted by Gasteiger charge is -2.27. The SMILES string of the molecule is COC(=O)c1c(C)nc(N2CCOCC2)nc1C(F)(F)F. The molecule has 6 nitrogen and oxygen atoms in total. The molecule has 1 aromatic rings. The van der Waals surface area contributed by atoms with E-state index >= 15 is 0 Å². The predicted molar refractivity (Wildman–Crippen MR) is 66.1 cm³/mol. The maximum atomic E-state index is 13.1. The Hall–Kier alpha value is -1.90. The summed E-state index contributed by atoms with van der Waals surface area (Å²) in [7, 11) is 1.01. The van der Waals surface area contributed by atoms with E-state index in [4.69, 9.17) is 4.74 Å². The van der Waals surface area contributed by atoms with E-state index in [0.717, 1.165) is 7.11 Å². The van der Waals surface area contributed by atoms with E-state index in [9.17, 15) is 18.0 Å². The van der Waals surface area contributed by atoms with Crippen molar-refractivity contribution in [1.29, 1.82) is 0 Å². The first-order valence-corrected chi connectivity index (χ1v) is 6.21. The van der Waals surface area contributed by atoms with Gasteiger partial charge in [-0.05, 0) is 6.92 Å². The molecule has 1 fully saturated rings. The summed E-state index contributed by atoms with van der Waals surface area (Å²) in [6, 6.07) is 0. The summed E-state index contributed by atoms with van der Waals surface area (Å²) in [6.07, 6.45) is -4.77. The van der Waals surface area contributed by atoms with Crippen LogP contribution in [0.15, 0.2) is 0 Å². The number of aromatic nitrogens is 2. The Morgan fingerprint density at radius 2 is 1.90 bits per heavy atom. The number of nitrogens with zero attached hydrogens (tertiary/aromatic N) is 3. The summed E-state index contributed by atoms with van der Waals surface area (Å²) in [6.45, 7) is 2.90. The minimum atomic E-state index is -4.77. The fourth-order valence-corrected chi connectivity index (χ4v) is 2.01. The van der Waals surface area contributed by atoms with Crippen LogP contribution in [-0.4, -0.2) is 49.4 Å². The van der Waals surface area contributed by atoms with Gasteiger partial charge in [0, 0.05) is 13.1 Å². The van der Waals surface area contributed by atoms with Crippen LogP contribution < -0.4 is 4.90 Å². The largest absolute Gasteiger partial charge is 0.465 e. The molecule has 1 aliphatic rings. The number of methoxy groups -OCH3 is 1. The predicted octanol–water partition coefficient (Wildman–Crippen LogP) is 1.43. The molecule has 0 spiro atoms. The van der Waals surface area contributed by atoms with Crippen LogP contribution in [0.25, 0.3) is 0 Å². The van der Waals surface area contributed by atoms with E-state index in [1.807, 2.05) is 0 Å². The second-order valence-corrected chi connectivity index (χ2v) is 4.42. The summed E-state index contributed by atoms with van der Waals surface area (Å²) >= 11 is 0. The highest BCUT2D eigenvalue weighted by molar-refractivity contribution is 5.92. The van der Waals surface area contributed by atoms with Gasteiger partial charge in [-0.2, -0.15) is 13.2 Å². The van der Waals surface area contributed by atoms with Crippen LogP contribution in [0, 0.1) is 6.92 Å². The second kappa shape index (κ2) is 5.84. The maximum Gasteiger partial charge on any atom is 0.434 e. The number of carbonyl (C=O) groups is 1. The van der Waals surface area contributed by atoms with Gasteiger partial charge in [0.15, 0.2) is 5.69 Å². The minimum absolute atomic E-state index is 0.0595. The van der Waals surface area contributed by atoms with Gasteiger partial charge in [0.2, 0.25) is 5.95 Å². The van der Waals surface area contributed by atoms with Crippen molar-refractivity contribution in [2.75, 3.05) is 38.3 Å². The molecule has 0 unspecified atom stereocenters. The van der Waals surface area contributed by atoms with Crippen molar-refractivity contribution >= 4 is 11.9 Å². The zero-order chi connectivity index (χ0) is 15.6. The fraction of sp³-hybridized carbons (Fsp3) is 0.583. The molecule has 0 aromatic carbocycles. The third kappa shape index (κ3) is 3.23. The summed E-state index contributed by atoms with van der Waals surface area (Å²) in [5.41, 5.74) is -1.99. The van der Waals surface area contributed by atoms with Crippen molar-refractivity contribution < 1.29 is 27.4 Å². The Balaban J connectivity index is 2.51. The van der Waals surface area contributed by atoms with Crippen LogP contribution in [0.1, 0.15) is 21.7 Å². The molecule has 2 heterocycles. The van der Waals surface area contributed by atoms with Gasteiger partial charge in [0.1, 0.15) is 5.56 Å². The zero-order valence-corrected chi connectivity index (χ0v) is 11.5. The first-order chi connectivity index (χ1) is 9.84. The Labute approximate surface area is 118 Å². The average Bonchev–Trinajstić information content (AvgIpc) is 2.45. The molecular weight excluding hydrogens is 291 g/mol. The molecule has 21 heavy (non-hydrogen) atoms.